The Kier molecular flexibility index (Phi) is 4.76. The molecule has 12 heteroatoms. The van der Waals surface area contributed by atoms with Crippen molar-refractivity contribution in [1.29, 1.82) is 0 Å². The Bertz CT molecular complexity index is 972. The first-order valence-corrected chi connectivity index (χ1v) is 8.89. The maximum atomic E-state index is 12.7. The van der Waals surface area contributed by atoms with Crippen LogP contribution in [0.1, 0.15) is 17.3 Å². The van der Waals surface area contributed by atoms with Gasteiger partial charge >= 0.3 is 12.1 Å². The van der Waals surface area contributed by atoms with Crippen LogP contribution in [0.4, 0.5) is 13.2 Å². The first-order valence-electron chi connectivity index (χ1n) is 8.13. The van der Waals surface area contributed by atoms with Crippen LogP contribution >= 0.6 is 23.2 Å². The molecule has 0 spiro atoms. The number of hydrazine groups is 1. The minimum Gasteiger partial charge on any atom is -0.367 e. The molecule has 3 N–H and O–H groups in total. The van der Waals surface area contributed by atoms with Crippen LogP contribution in [0.3, 0.4) is 0 Å². The molecule has 4 rings (SSSR count). The van der Waals surface area contributed by atoms with E-state index in [-0.39, 0.29) is 11.5 Å². The average Bonchev–Trinajstić information content (AvgIpc) is 3.15. The van der Waals surface area contributed by atoms with Crippen molar-refractivity contribution in [2.24, 2.45) is 0 Å². The van der Waals surface area contributed by atoms with E-state index in [0.717, 1.165) is 11.3 Å². The second kappa shape index (κ2) is 7.10. The standard InChI is InChI=1S/C16H13Cl2F3N6O/c17-9-1-2-10(18)8(5-9)7-27-4-3-22-14-12(27)6-11(24-25-14)13-23-15(28-26-13)16(19,20)21/h1-2,5-6,22,24-25H,3-4,7H2. The third-order valence-corrected chi connectivity index (χ3v) is 4.77. The van der Waals surface area contributed by atoms with Gasteiger partial charge in [-0.05, 0) is 29.8 Å². The first kappa shape index (κ1) is 18.8. The van der Waals surface area contributed by atoms with Crippen molar-refractivity contribution < 1.29 is 17.7 Å². The number of rotatable bonds is 3. The van der Waals surface area contributed by atoms with Gasteiger partial charge < -0.3 is 14.7 Å². The number of nitrogens with one attached hydrogen (secondary N) is 3. The number of hydrogen-bond acceptors (Lipinski definition) is 7. The number of benzene rings is 1. The Morgan fingerprint density at radius 2 is 2.04 bits per heavy atom. The Labute approximate surface area is 167 Å². The van der Waals surface area contributed by atoms with E-state index in [0.29, 0.717) is 35.5 Å². The van der Waals surface area contributed by atoms with Crippen LogP contribution in [0, 0.1) is 0 Å². The molecule has 0 atom stereocenters. The van der Waals surface area contributed by atoms with Crippen LogP contribution in [0.15, 0.2) is 40.3 Å². The molecule has 0 aliphatic carbocycles. The molecule has 7 nitrogen and oxygen atoms in total. The minimum atomic E-state index is -4.71. The second-order valence-corrected chi connectivity index (χ2v) is 6.92. The van der Waals surface area contributed by atoms with E-state index in [9.17, 15) is 13.2 Å². The topological polar surface area (TPSA) is 78.3 Å². The number of alkyl halides is 3. The van der Waals surface area contributed by atoms with Crippen molar-refractivity contribution in [3.8, 4) is 0 Å². The van der Waals surface area contributed by atoms with Crippen molar-refractivity contribution in [2.75, 3.05) is 13.1 Å². The van der Waals surface area contributed by atoms with Gasteiger partial charge in [-0.25, -0.2) is 0 Å². The smallest absolute Gasteiger partial charge is 0.367 e. The summed E-state index contributed by atoms with van der Waals surface area (Å²) in [5.41, 5.74) is 7.46. The van der Waals surface area contributed by atoms with Gasteiger partial charge in [-0.3, -0.25) is 10.9 Å². The van der Waals surface area contributed by atoms with Gasteiger partial charge in [0, 0.05) is 29.7 Å². The highest BCUT2D eigenvalue weighted by Crippen LogP contribution is 2.30. The van der Waals surface area contributed by atoms with Crippen molar-refractivity contribution in [3.63, 3.8) is 0 Å². The fourth-order valence-electron chi connectivity index (χ4n) is 2.86. The number of aromatic nitrogens is 2. The SMILES string of the molecule is FC(F)(F)c1nc(C2=CC3=C(NCCN3Cc3cc(Cl)ccc3Cl)NN2)no1. The lowest BCUT2D eigenvalue weighted by molar-refractivity contribution is -0.159. The van der Waals surface area contributed by atoms with Crippen molar-refractivity contribution in [3.05, 3.63) is 63.1 Å². The molecule has 2 aromatic rings. The Hall–Kier alpha value is -2.59. The van der Waals surface area contributed by atoms with Gasteiger partial charge in [0.2, 0.25) is 5.82 Å². The molecule has 0 unspecified atom stereocenters. The molecule has 0 saturated carbocycles. The maximum Gasteiger partial charge on any atom is 0.471 e. The summed E-state index contributed by atoms with van der Waals surface area (Å²) in [7, 11) is 0. The summed E-state index contributed by atoms with van der Waals surface area (Å²) in [5.74, 6) is -0.945. The number of hydrogen-bond donors (Lipinski definition) is 3. The fourth-order valence-corrected chi connectivity index (χ4v) is 3.23. The van der Waals surface area contributed by atoms with Gasteiger partial charge in [-0.1, -0.05) is 28.4 Å². The zero-order valence-corrected chi connectivity index (χ0v) is 15.6. The quantitative estimate of drug-likeness (QED) is 0.687. The van der Waals surface area contributed by atoms with Gasteiger partial charge in [-0.15, -0.1) is 0 Å². The Morgan fingerprint density at radius 3 is 2.79 bits per heavy atom. The van der Waals surface area contributed by atoms with E-state index < -0.39 is 12.1 Å². The summed E-state index contributed by atoms with van der Waals surface area (Å²) >= 11 is 12.3. The maximum absolute atomic E-state index is 12.7. The van der Waals surface area contributed by atoms with E-state index in [1.165, 1.54) is 0 Å². The van der Waals surface area contributed by atoms with Gasteiger partial charge in [0.1, 0.15) is 11.5 Å². The molecule has 0 amide bonds. The first-order chi connectivity index (χ1) is 13.3. The predicted octanol–water partition coefficient (Wildman–Crippen LogP) is 3.12. The van der Waals surface area contributed by atoms with Crippen molar-refractivity contribution in [2.45, 2.75) is 12.7 Å². The van der Waals surface area contributed by atoms with Gasteiger partial charge in [0.15, 0.2) is 0 Å². The third kappa shape index (κ3) is 3.69. The molecule has 148 valence electrons. The number of halogens is 5. The summed E-state index contributed by atoms with van der Waals surface area (Å²) in [6.07, 6.45) is -3.07. The summed E-state index contributed by atoms with van der Waals surface area (Å²) in [5, 5.41) is 7.72. The molecule has 28 heavy (non-hydrogen) atoms. The molecular formula is C16H13Cl2F3N6O. The lowest BCUT2D eigenvalue weighted by Crippen LogP contribution is -2.48. The van der Waals surface area contributed by atoms with Crippen LogP contribution in [-0.4, -0.2) is 28.1 Å². The van der Waals surface area contributed by atoms with Gasteiger partial charge in [0.05, 0.1) is 5.70 Å². The van der Waals surface area contributed by atoms with E-state index >= 15 is 0 Å². The molecule has 2 aliphatic heterocycles. The predicted molar refractivity (Wildman–Crippen MR) is 95.4 cm³/mol. The Morgan fingerprint density at radius 1 is 1.21 bits per heavy atom. The lowest BCUT2D eigenvalue weighted by Gasteiger charge is -2.36. The van der Waals surface area contributed by atoms with Gasteiger partial charge in [0.25, 0.3) is 0 Å². The third-order valence-electron chi connectivity index (χ3n) is 4.16. The number of nitrogens with zero attached hydrogens (tertiary/aromatic N) is 3. The van der Waals surface area contributed by atoms with Crippen LogP contribution in [-0.2, 0) is 12.7 Å². The van der Waals surface area contributed by atoms with Crippen LogP contribution in [0.2, 0.25) is 10.0 Å². The zero-order valence-electron chi connectivity index (χ0n) is 14.1. The second-order valence-electron chi connectivity index (χ2n) is 6.07. The summed E-state index contributed by atoms with van der Waals surface area (Å²) in [6.45, 7) is 1.77. The molecular weight excluding hydrogens is 420 g/mol. The van der Waals surface area contributed by atoms with Crippen LogP contribution in [0.25, 0.3) is 5.70 Å². The van der Waals surface area contributed by atoms with E-state index in [1.807, 2.05) is 4.90 Å². The van der Waals surface area contributed by atoms with Crippen LogP contribution < -0.4 is 16.2 Å². The van der Waals surface area contributed by atoms with E-state index in [4.69, 9.17) is 23.2 Å². The Balaban J connectivity index is 1.63. The minimum absolute atomic E-state index is 0.210. The average molecular weight is 433 g/mol. The van der Waals surface area contributed by atoms with Crippen LogP contribution in [0.5, 0.6) is 0 Å². The molecule has 0 bridgehead atoms. The lowest BCUT2D eigenvalue weighted by atomic mass is 10.1. The van der Waals surface area contributed by atoms with Gasteiger partial charge in [-0.2, -0.15) is 18.2 Å². The highest BCUT2D eigenvalue weighted by atomic mass is 35.5. The highest BCUT2D eigenvalue weighted by Gasteiger charge is 2.39. The molecule has 2 aliphatic rings. The van der Waals surface area contributed by atoms with E-state index in [2.05, 4.69) is 30.8 Å². The normalized spacial score (nSPS) is 16.8. The largest absolute Gasteiger partial charge is 0.471 e. The molecule has 0 fully saturated rings. The fraction of sp³-hybridized carbons (Fsp3) is 0.250. The van der Waals surface area contributed by atoms with Crippen molar-refractivity contribution in [1.82, 2.24) is 31.2 Å². The van der Waals surface area contributed by atoms with Crippen molar-refractivity contribution >= 4 is 28.9 Å². The molecule has 3 heterocycles. The highest BCUT2D eigenvalue weighted by molar-refractivity contribution is 6.33. The summed E-state index contributed by atoms with van der Waals surface area (Å²) in [4.78, 5) is 5.42. The molecule has 0 radical (unpaired) electrons. The monoisotopic (exact) mass is 432 g/mol. The molecule has 1 aromatic carbocycles. The molecule has 1 aromatic heterocycles. The zero-order chi connectivity index (χ0) is 19.9. The summed E-state index contributed by atoms with van der Waals surface area (Å²) < 4.78 is 42.4. The molecule has 0 saturated heterocycles. The number of allylic oxidation sites excluding steroid dienone is 1. The van der Waals surface area contributed by atoms with E-state index in [1.54, 1.807) is 24.3 Å². The summed E-state index contributed by atoms with van der Waals surface area (Å²) in [6, 6.07) is 5.20.